The van der Waals surface area contributed by atoms with E-state index in [0.717, 1.165) is 15.7 Å². The van der Waals surface area contributed by atoms with Crippen LogP contribution in [0.3, 0.4) is 0 Å². The minimum atomic E-state index is -0.375. The highest BCUT2D eigenvalue weighted by molar-refractivity contribution is 9.10. The van der Waals surface area contributed by atoms with Gasteiger partial charge in [-0.2, -0.15) is 0 Å². The van der Waals surface area contributed by atoms with Crippen molar-refractivity contribution >= 4 is 50.7 Å². The van der Waals surface area contributed by atoms with Crippen LogP contribution in [0.2, 0.25) is 5.02 Å². The lowest BCUT2D eigenvalue weighted by Gasteiger charge is -2.17. The van der Waals surface area contributed by atoms with Crippen LogP contribution in [0.1, 0.15) is 12.0 Å². The van der Waals surface area contributed by atoms with Crippen molar-refractivity contribution in [3.05, 3.63) is 57.5 Å². The van der Waals surface area contributed by atoms with Crippen molar-refractivity contribution in [2.45, 2.75) is 13.3 Å². The Balaban J connectivity index is 1.73. The second-order valence-electron chi connectivity index (χ2n) is 5.76. The number of hydrogen-bond donors (Lipinski definition) is 1. The second-order valence-corrected chi connectivity index (χ2v) is 7.00. The molecule has 24 heavy (non-hydrogen) atoms. The molecule has 0 unspecified atom stereocenters. The highest BCUT2D eigenvalue weighted by Gasteiger charge is 2.35. The Bertz CT molecular complexity index is 795. The number of benzene rings is 2. The van der Waals surface area contributed by atoms with Crippen LogP contribution in [0.4, 0.5) is 11.4 Å². The molecule has 2 aromatic carbocycles. The number of amides is 2. The molecule has 1 saturated heterocycles. The highest BCUT2D eigenvalue weighted by Crippen LogP contribution is 2.32. The molecule has 6 heteroatoms. The lowest BCUT2D eigenvalue weighted by Crippen LogP contribution is -2.28. The summed E-state index contributed by atoms with van der Waals surface area (Å²) >= 11 is 9.55. The average molecular weight is 408 g/mol. The third-order valence-corrected chi connectivity index (χ3v) is 5.54. The van der Waals surface area contributed by atoms with Crippen molar-refractivity contribution in [1.29, 1.82) is 0 Å². The molecule has 1 aliphatic rings. The number of nitrogens with one attached hydrogen (secondary N) is 1. The molecule has 0 spiro atoms. The first-order valence-electron chi connectivity index (χ1n) is 7.58. The molecule has 1 atom stereocenters. The molecular formula is C18H16BrClN2O2. The van der Waals surface area contributed by atoms with E-state index in [0.29, 0.717) is 17.3 Å². The minimum Gasteiger partial charge on any atom is -0.325 e. The zero-order chi connectivity index (χ0) is 17.3. The van der Waals surface area contributed by atoms with Crippen LogP contribution in [-0.4, -0.2) is 18.4 Å². The predicted molar refractivity (Wildman–Crippen MR) is 99.4 cm³/mol. The van der Waals surface area contributed by atoms with Crippen molar-refractivity contribution in [3.8, 4) is 0 Å². The van der Waals surface area contributed by atoms with Gasteiger partial charge in [0.05, 0.1) is 10.9 Å². The average Bonchev–Trinajstić information content (AvgIpc) is 2.98. The first-order valence-corrected chi connectivity index (χ1v) is 8.75. The summed E-state index contributed by atoms with van der Waals surface area (Å²) in [6.45, 7) is 2.23. The van der Waals surface area contributed by atoms with Crippen molar-refractivity contribution in [3.63, 3.8) is 0 Å². The van der Waals surface area contributed by atoms with Gasteiger partial charge < -0.3 is 10.2 Å². The van der Waals surface area contributed by atoms with Gasteiger partial charge in [0.1, 0.15) is 0 Å². The molecule has 124 valence electrons. The Morgan fingerprint density at radius 1 is 1.25 bits per heavy atom. The highest BCUT2D eigenvalue weighted by atomic mass is 79.9. The summed E-state index contributed by atoms with van der Waals surface area (Å²) in [5.41, 5.74) is 2.28. The molecule has 1 N–H and O–H groups in total. The van der Waals surface area contributed by atoms with E-state index in [1.807, 2.05) is 37.3 Å². The maximum absolute atomic E-state index is 12.5. The molecular weight excluding hydrogens is 392 g/mol. The quantitative estimate of drug-likeness (QED) is 0.819. The lowest BCUT2D eigenvalue weighted by molar-refractivity contribution is -0.122. The molecule has 0 saturated carbocycles. The number of carbonyl (C=O) groups excluding carboxylic acids is 2. The Morgan fingerprint density at radius 2 is 1.96 bits per heavy atom. The van der Waals surface area contributed by atoms with Gasteiger partial charge >= 0.3 is 0 Å². The lowest BCUT2D eigenvalue weighted by atomic mass is 10.1. The van der Waals surface area contributed by atoms with Gasteiger partial charge in [0.25, 0.3) is 0 Å². The second kappa shape index (κ2) is 6.95. The number of rotatable bonds is 3. The van der Waals surface area contributed by atoms with Gasteiger partial charge in [-0.3, -0.25) is 9.59 Å². The molecule has 1 fully saturated rings. The summed E-state index contributed by atoms with van der Waals surface area (Å²) in [6, 6.07) is 13.0. The van der Waals surface area contributed by atoms with Crippen LogP contribution in [0.5, 0.6) is 0 Å². The smallest absolute Gasteiger partial charge is 0.229 e. The van der Waals surface area contributed by atoms with Crippen LogP contribution >= 0.6 is 27.5 Å². The molecule has 2 aromatic rings. The van der Waals surface area contributed by atoms with Crippen LogP contribution in [0, 0.1) is 12.8 Å². The molecule has 0 bridgehead atoms. The van der Waals surface area contributed by atoms with E-state index in [1.165, 1.54) is 0 Å². The van der Waals surface area contributed by atoms with E-state index in [9.17, 15) is 9.59 Å². The fourth-order valence-electron chi connectivity index (χ4n) is 2.76. The van der Waals surface area contributed by atoms with Gasteiger partial charge in [-0.15, -0.1) is 0 Å². The number of para-hydroxylation sites is 1. The van der Waals surface area contributed by atoms with E-state index in [-0.39, 0.29) is 24.2 Å². The molecule has 4 nitrogen and oxygen atoms in total. The summed E-state index contributed by atoms with van der Waals surface area (Å²) in [6.07, 6.45) is 0.212. The number of halogens is 2. The van der Waals surface area contributed by atoms with Gasteiger partial charge in [0, 0.05) is 28.8 Å². The molecule has 0 radical (unpaired) electrons. The first-order chi connectivity index (χ1) is 11.5. The Kier molecular flexibility index (Phi) is 4.92. The standard InChI is InChI=1S/C18H16BrClN2O2/c1-11-15(8-7-14(19)17(11)20)21-18(24)12-9-16(23)22(10-12)13-5-3-2-4-6-13/h2-8,12H,9-10H2,1H3,(H,21,24)/t12-/m1/s1. The topological polar surface area (TPSA) is 49.4 Å². The molecule has 2 amide bonds. The van der Waals surface area contributed by atoms with Gasteiger partial charge in [0.2, 0.25) is 11.8 Å². The van der Waals surface area contributed by atoms with Crippen molar-refractivity contribution in [1.82, 2.24) is 0 Å². The Labute approximate surface area is 153 Å². The Hall–Kier alpha value is -1.85. The summed E-state index contributed by atoms with van der Waals surface area (Å²) in [5, 5.41) is 3.46. The zero-order valence-corrected chi connectivity index (χ0v) is 15.4. The van der Waals surface area contributed by atoms with Crippen LogP contribution < -0.4 is 10.2 Å². The number of nitrogens with zero attached hydrogens (tertiary/aromatic N) is 1. The molecule has 0 aromatic heterocycles. The first kappa shape index (κ1) is 17.0. The Morgan fingerprint density at radius 3 is 2.67 bits per heavy atom. The summed E-state index contributed by atoms with van der Waals surface area (Å²) in [5.74, 6) is -0.574. The third kappa shape index (κ3) is 3.32. The third-order valence-electron chi connectivity index (χ3n) is 4.16. The van der Waals surface area contributed by atoms with Crippen LogP contribution in [0.15, 0.2) is 46.9 Å². The van der Waals surface area contributed by atoms with E-state index in [4.69, 9.17) is 11.6 Å². The maximum Gasteiger partial charge on any atom is 0.229 e. The van der Waals surface area contributed by atoms with Gasteiger partial charge in [-0.25, -0.2) is 0 Å². The molecule has 3 rings (SSSR count). The van der Waals surface area contributed by atoms with E-state index >= 15 is 0 Å². The largest absolute Gasteiger partial charge is 0.325 e. The van der Waals surface area contributed by atoms with Crippen LogP contribution in [-0.2, 0) is 9.59 Å². The summed E-state index contributed by atoms with van der Waals surface area (Å²) in [7, 11) is 0. The maximum atomic E-state index is 12.5. The monoisotopic (exact) mass is 406 g/mol. The normalized spacial score (nSPS) is 17.2. The fourth-order valence-corrected chi connectivity index (χ4v) is 3.36. The molecule has 0 aliphatic carbocycles. The summed E-state index contributed by atoms with van der Waals surface area (Å²) < 4.78 is 0.783. The van der Waals surface area contributed by atoms with Gasteiger partial charge in [-0.1, -0.05) is 29.8 Å². The van der Waals surface area contributed by atoms with E-state index < -0.39 is 0 Å². The number of carbonyl (C=O) groups is 2. The number of hydrogen-bond acceptors (Lipinski definition) is 2. The van der Waals surface area contributed by atoms with E-state index in [1.54, 1.807) is 17.0 Å². The molecule has 1 heterocycles. The SMILES string of the molecule is Cc1c(NC(=O)[C@@H]2CC(=O)N(c3ccccc3)C2)ccc(Br)c1Cl. The number of anilines is 2. The van der Waals surface area contributed by atoms with Crippen molar-refractivity contribution < 1.29 is 9.59 Å². The molecule has 1 aliphatic heterocycles. The zero-order valence-electron chi connectivity index (χ0n) is 13.1. The van der Waals surface area contributed by atoms with Gasteiger partial charge in [0.15, 0.2) is 0 Å². The van der Waals surface area contributed by atoms with Crippen molar-refractivity contribution in [2.24, 2.45) is 5.92 Å². The summed E-state index contributed by atoms with van der Waals surface area (Å²) in [4.78, 5) is 26.4. The van der Waals surface area contributed by atoms with Crippen LogP contribution in [0.25, 0.3) is 0 Å². The minimum absolute atomic E-state index is 0.0353. The van der Waals surface area contributed by atoms with E-state index in [2.05, 4.69) is 21.2 Å². The van der Waals surface area contributed by atoms with Crippen molar-refractivity contribution in [2.75, 3.05) is 16.8 Å². The fraction of sp³-hybridized carbons (Fsp3) is 0.222. The predicted octanol–water partition coefficient (Wildman–Crippen LogP) is 4.40. The van der Waals surface area contributed by atoms with Gasteiger partial charge in [-0.05, 0) is 52.7 Å².